The number of esters is 1. The van der Waals surface area contributed by atoms with Crippen molar-refractivity contribution in [2.45, 2.75) is 13.0 Å². The summed E-state index contributed by atoms with van der Waals surface area (Å²) in [4.78, 5) is 42.0. The average Bonchev–Trinajstić information content (AvgIpc) is 2.89. The molecule has 1 aromatic carbocycles. The van der Waals surface area contributed by atoms with Gasteiger partial charge in [-0.2, -0.15) is 0 Å². The van der Waals surface area contributed by atoms with Gasteiger partial charge in [0.1, 0.15) is 6.54 Å². The van der Waals surface area contributed by atoms with Crippen molar-refractivity contribution in [2.75, 3.05) is 11.9 Å². The van der Waals surface area contributed by atoms with Crippen molar-refractivity contribution in [1.82, 2.24) is 9.88 Å². The largest absolute Gasteiger partial charge is 0.451 e. The first-order valence-corrected chi connectivity index (χ1v) is 8.95. The number of amides is 2. The van der Waals surface area contributed by atoms with Crippen LogP contribution < -0.4 is 5.32 Å². The van der Waals surface area contributed by atoms with Crippen LogP contribution in [0.2, 0.25) is 10.0 Å². The summed E-state index contributed by atoms with van der Waals surface area (Å²) in [5, 5.41) is 2.92. The van der Waals surface area contributed by atoms with E-state index in [1.165, 1.54) is 24.1 Å². The van der Waals surface area contributed by atoms with Crippen LogP contribution in [0.3, 0.4) is 0 Å². The zero-order valence-corrected chi connectivity index (χ0v) is 16.3. The maximum Gasteiger partial charge on any atom is 0.326 e. The van der Waals surface area contributed by atoms with E-state index >= 15 is 0 Å². The second-order valence-corrected chi connectivity index (χ2v) is 6.83. The molecule has 0 spiro atoms. The summed E-state index contributed by atoms with van der Waals surface area (Å²) in [7, 11) is 0. The Morgan fingerprint density at radius 2 is 1.96 bits per heavy atom. The van der Waals surface area contributed by atoms with Crippen molar-refractivity contribution in [3.8, 4) is 0 Å². The van der Waals surface area contributed by atoms with Crippen molar-refractivity contribution in [1.29, 1.82) is 0 Å². The molecule has 28 heavy (non-hydrogen) atoms. The molecule has 0 saturated heterocycles. The Morgan fingerprint density at radius 1 is 1.29 bits per heavy atom. The van der Waals surface area contributed by atoms with Crippen molar-refractivity contribution < 1.29 is 19.1 Å². The van der Waals surface area contributed by atoms with Gasteiger partial charge in [0.15, 0.2) is 11.9 Å². The molecular weight excluding hydrogens is 405 g/mol. The minimum Gasteiger partial charge on any atom is -0.451 e. The number of aromatic nitrogens is 1. The topological polar surface area (TPSA) is 88.6 Å². The molecule has 0 aliphatic carbocycles. The van der Waals surface area contributed by atoms with Crippen LogP contribution in [0.5, 0.6) is 0 Å². The molecule has 0 saturated carbocycles. The molecule has 1 aliphatic rings. The van der Waals surface area contributed by atoms with E-state index in [1.54, 1.807) is 24.3 Å². The second kappa shape index (κ2) is 8.00. The van der Waals surface area contributed by atoms with Crippen LogP contribution in [-0.2, 0) is 14.3 Å². The van der Waals surface area contributed by atoms with Gasteiger partial charge in [0.25, 0.3) is 11.8 Å². The fourth-order valence-electron chi connectivity index (χ4n) is 2.64. The fraction of sp³-hybridized carbons (Fsp3) is 0.158. The predicted octanol–water partition coefficient (Wildman–Crippen LogP) is 3.39. The number of hydrogen-bond donors (Lipinski definition) is 1. The number of carbonyl (C=O) groups excluding carboxylic acids is 3. The maximum atomic E-state index is 12.4. The van der Waals surface area contributed by atoms with Crippen LogP contribution in [0, 0.1) is 0 Å². The zero-order valence-electron chi connectivity index (χ0n) is 14.7. The summed E-state index contributed by atoms with van der Waals surface area (Å²) in [5.41, 5.74) is 1.54. The highest BCUT2D eigenvalue weighted by Crippen LogP contribution is 2.30. The van der Waals surface area contributed by atoms with E-state index in [0.717, 1.165) is 0 Å². The number of carbonyl (C=O) groups is 3. The SMILES string of the molecule is C=C1c2ccccc2C(=O)N1CC(=O)OC(C)C(=O)Nc1ncc(Cl)cc1Cl. The van der Waals surface area contributed by atoms with Crippen molar-refractivity contribution in [2.24, 2.45) is 0 Å². The monoisotopic (exact) mass is 419 g/mol. The highest BCUT2D eigenvalue weighted by Gasteiger charge is 2.33. The molecule has 2 amide bonds. The lowest BCUT2D eigenvalue weighted by atomic mass is 10.1. The van der Waals surface area contributed by atoms with E-state index in [2.05, 4.69) is 16.9 Å². The first-order valence-electron chi connectivity index (χ1n) is 8.19. The van der Waals surface area contributed by atoms with Gasteiger partial charge in [-0.25, -0.2) is 4.98 Å². The molecule has 3 rings (SSSR count). The molecule has 0 fully saturated rings. The van der Waals surface area contributed by atoms with Crippen molar-refractivity contribution in [3.63, 3.8) is 0 Å². The number of fused-ring (bicyclic) bond motifs is 1. The first-order chi connectivity index (χ1) is 13.3. The standard InChI is InChI=1S/C19H15Cl2N3O4/c1-10-13-5-3-4-6-14(13)19(27)24(10)9-16(25)28-11(2)18(26)23-17-15(21)7-12(20)8-22-17/h3-8,11H,1,9H2,2H3,(H,22,23,26). The van der Waals surface area contributed by atoms with Gasteiger partial charge in [-0.1, -0.05) is 48.0 Å². The van der Waals surface area contributed by atoms with Gasteiger partial charge < -0.3 is 10.1 Å². The Kier molecular flexibility index (Phi) is 5.67. The van der Waals surface area contributed by atoms with Crippen LogP contribution in [0.15, 0.2) is 43.1 Å². The van der Waals surface area contributed by atoms with Gasteiger partial charge in [-0.15, -0.1) is 0 Å². The molecular formula is C19H15Cl2N3O4. The predicted molar refractivity (Wildman–Crippen MR) is 105 cm³/mol. The highest BCUT2D eigenvalue weighted by molar-refractivity contribution is 6.36. The molecule has 1 unspecified atom stereocenters. The summed E-state index contributed by atoms with van der Waals surface area (Å²) in [6.07, 6.45) is 0.191. The second-order valence-electron chi connectivity index (χ2n) is 5.99. The van der Waals surface area contributed by atoms with Gasteiger partial charge in [-0.3, -0.25) is 19.3 Å². The number of hydrogen-bond acceptors (Lipinski definition) is 5. The number of nitrogens with zero attached hydrogens (tertiary/aromatic N) is 2. The Morgan fingerprint density at radius 3 is 2.61 bits per heavy atom. The third-order valence-corrected chi connectivity index (χ3v) is 4.55. The molecule has 144 valence electrons. The first kappa shape index (κ1) is 19.9. The van der Waals surface area contributed by atoms with Crippen LogP contribution in [-0.4, -0.2) is 40.3 Å². The summed E-state index contributed by atoms with van der Waals surface area (Å²) >= 11 is 11.7. The molecule has 1 N–H and O–H groups in total. The van der Waals surface area contributed by atoms with Gasteiger partial charge in [0.2, 0.25) is 0 Å². The number of pyridine rings is 1. The number of rotatable bonds is 5. The smallest absolute Gasteiger partial charge is 0.326 e. The minimum atomic E-state index is -1.13. The normalized spacial score (nSPS) is 13.9. The zero-order chi connectivity index (χ0) is 20.4. The summed E-state index contributed by atoms with van der Waals surface area (Å²) < 4.78 is 5.12. The van der Waals surface area contributed by atoms with E-state index in [1.807, 2.05) is 0 Å². The Bertz CT molecular complexity index is 958. The van der Waals surface area contributed by atoms with Gasteiger partial charge in [0.05, 0.1) is 10.0 Å². The lowest BCUT2D eigenvalue weighted by Gasteiger charge is -2.18. The van der Waals surface area contributed by atoms with Crippen LogP contribution in [0.1, 0.15) is 22.8 Å². The summed E-state index contributed by atoms with van der Waals surface area (Å²) in [6.45, 7) is 4.89. The Balaban J connectivity index is 1.59. The van der Waals surface area contributed by atoms with Gasteiger partial charge in [0, 0.05) is 23.0 Å². The van der Waals surface area contributed by atoms with Gasteiger partial charge in [-0.05, 0) is 19.1 Å². The summed E-state index contributed by atoms with van der Waals surface area (Å²) in [5.74, 6) is -1.62. The van der Waals surface area contributed by atoms with Gasteiger partial charge >= 0.3 is 5.97 Å². The quantitative estimate of drug-likeness (QED) is 0.750. The number of ether oxygens (including phenoxy) is 1. The fourth-order valence-corrected chi connectivity index (χ4v) is 3.07. The molecule has 0 radical (unpaired) electrons. The van der Waals surface area contributed by atoms with Crippen LogP contribution >= 0.6 is 23.2 Å². The highest BCUT2D eigenvalue weighted by atomic mass is 35.5. The van der Waals surface area contributed by atoms with Crippen LogP contribution in [0.25, 0.3) is 5.70 Å². The van der Waals surface area contributed by atoms with Crippen LogP contribution in [0.4, 0.5) is 5.82 Å². The van der Waals surface area contributed by atoms with E-state index in [0.29, 0.717) is 21.8 Å². The molecule has 1 aromatic heterocycles. The van der Waals surface area contributed by atoms with Crippen molar-refractivity contribution in [3.05, 3.63) is 64.3 Å². The molecule has 1 aliphatic heterocycles. The molecule has 9 heteroatoms. The summed E-state index contributed by atoms with van der Waals surface area (Å²) in [6, 6.07) is 8.34. The lowest BCUT2D eigenvalue weighted by Crippen LogP contribution is -2.36. The molecule has 7 nitrogen and oxygen atoms in total. The molecule has 2 heterocycles. The Hall–Kier alpha value is -2.90. The van der Waals surface area contributed by atoms with E-state index < -0.39 is 18.0 Å². The number of benzene rings is 1. The third kappa shape index (κ3) is 4.00. The molecule has 0 bridgehead atoms. The third-order valence-electron chi connectivity index (χ3n) is 4.05. The Labute approximate surface area is 170 Å². The van der Waals surface area contributed by atoms with Crippen molar-refractivity contribution >= 4 is 52.5 Å². The molecule has 1 atom stereocenters. The minimum absolute atomic E-state index is 0.0949. The number of halogens is 2. The maximum absolute atomic E-state index is 12.4. The lowest BCUT2D eigenvalue weighted by molar-refractivity contribution is -0.153. The average molecular weight is 420 g/mol. The number of nitrogens with one attached hydrogen (secondary N) is 1. The van der Waals surface area contributed by atoms with E-state index in [-0.39, 0.29) is 23.3 Å². The van der Waals surface area contributed by atoms with E-state index in [4.69, 9.17) is 27.9 Å². The number of anilines is 1. The van der Waals surface area contributed by atoms with E-state index in [9.17, 15) is 14.4 Å². The molecule has 2 aromatic rings.